The largest absolute Gasteiger partial charge is 0.501 e. The Balaban J connectivity index is 2.66. The third-order valence-electron chi connectivity index (χ3n) is 3.20. The standard InChI is InChI=1S/C18H21NO4/c1-4-13(5-2)8-7-9-14(6-3)12-19-18(22)17-16(21)15(20)10-11-23-17/h4-7,9-11,21H,1,8,12H2,2-3H3,(H,19,22)/b9-7-,13-5+,14-6+. The molecule has 23 heavy (non-hydrogen) atoms. The van der Waals surface area contributed by atoms with Gasteiger partial charge in [-0.3, -0.25) is 9.59 Å². The van der Waals surface area contributed by atoms with Gasteiger partial charge in [-0.25, -0.2) is 0 Å². The predicted molar refractivity (Wildman–Crippen MR) is 90.4 cm³/mol. The first-order valence-electron chi connectivity index (χ1n) is 7.21. The summed E-state index contributed by atoms with van der Waals surface area (Å²) in [5.74, 6) is -1.72. The van der Waals surface area contributed by atoms with Gasteiger partial charge >= 0.3 is 0 Å². The highest BCUT2D eigenvalue weighted by Gasteiger charge is 2.16. The first-order chi connectivity index (χ1) is 11.0. The van der Waals surface area contributed by atoms with E-state index in [0.29, 0.717) is 0 Å². The normalized spacial score (nSPS) is 12.4. The molecule has 1 aromatic heterocycles. The molecule has 1 rings (SSSR count). The minimum Gasteiger partial charge on any atom is -0.501 e. The lowest BCUT2D eigenvalue weighted by Gasteiger charge is -2.06. The lowest BCUT2D eigenvalue weighted by atomic mass is 10.1. The van der Waals surface area contributed by atoms with Crippen LogP contribution in [0.1, 0.15) is 30.8 Å². The zero-order valence-corrected chi connectivity index (χ0v) is 13.3. The van der Waals surface area contributed by atoms with Gasteiger partial charge in [0, 0.05) is 12.6 Å². The maximum Gasteiger partial charge on any atom is 0.291 e. The smallest absolute Gasteiger partial charge is 0.291 e. The van der Waals surface area contributed by atoms with E-state index in [1.807, 2.05) is 38.2 Å². The Morgan fingerprint density at radius 2 is 2.04 bits per heavy atom. The predicted octanol–water partition coefficient (Wildman–Crippen LogP) is 3.10. The summed E-state index contributed by atoms with van der Waals surface area (Å²) >= 11 is 0. The molecule has 0 unspecified atom stereocenters. The molecule has 0 aromatic carbocycles. The molecular weight excluding hydrogens is 294 g/mol. The van der Waals surface area contributed by atoms with E-state index < -0.39 is 17.1 Å². The summed E-state index contributed by atoms with van der Waals surface area (Å²) in [7, 11) is 0. The van der Waals surface area contributed by atoms with Crippen LogP contribution in [-0.4, -0.2) is 17.6 Å². The van der Waals surface area contributed by atoms with Crippen LogP contribution in [0.5, 0.6) is 5.75 Å². The summed E-state index contributed by atoms with van der Waals surface area (Å²) < 4.78 is 4.89. The fraction of sp³-hybridized carbons (Fsp3) is 0.222. The number of carbonyl (C=O) groups is 1. The lowest BCUT2D eigenvalue weighted by molar-refractivity contribution is 0.0922. The van der Waals surface area contributed by atoms with Gasteiger partial charge in [0.25, 0.3) is 5.91 Å². The molecule has 122 valence electrons. The van der Waals surface area contributed by atoms with Gasteiger partial charge < -0.3 is 14.8 Å². The van der Waals surface area contributed by atoms with Crippen LogP contribution in [0.25, 0.3) is 0 Å². The molecule has 0 atom stereocenters. The zero-order chi connectivity index (χ0) is 17.2. The molecule has 5 nitrogen and oxygen atoms in total. The minimum absolute atomic E-state index is 0.253. The van der Waals surface area contributed by atoms with Crippen molar-refractivity contribution < 1.29 is 14.3 Å². The van der Waals surface area contributed by atoms with E-state index in [2.05, 4.69) is 11.9 Å². The second-order valence-corrected chi connectivity index (χ2v) is 4.68. The van der Waals surface area contributed by atoms with Crippen molar-refractivity contribution in [3.63, 3.8) is 0 Å². The molecule has 0 radical (unpaired) electrons. The molecular formula is C18H21NO4. The van der Waals surface area contributed by atoms with E-state index in [1.54, 1.807) is 6.08 Å². The number of hydrogen-bond acceptors (Lipinski definition) is 4. The molecule has 0 saturated heterocycles. The molecule has 0 saturated carbocycles. The van der Waals surface area contributed by atoms with Crippen LogP contribution >= 0.6 is 0 Å². The molecule has 5 heteroatoms. The Morgan fingerprint density at radius 1 is 1.35 bits per heavy atom. The molecule has 0 aliphatic carbocycles. The van der Waals surface area contributed by atoms with Crippen LogP contribution in [0.4, 0.5) is 0 Å². The van der Waals surface area contributed by atoms with E-state index in [1.165, 1.54) is 0 Å². The molecule has 1 amide bonds. The van der Waals surface area contributed by atoms with Crippen LogP contribution in [-0.2, 0) is 0 Å². The average Bonchev–Trinajstić information content (AvgIpc) is 2.56. The molecule has 1 aromatic rings. The highest BCUT2D eigenvalue weighted by molar-refractivity contribution is 5.93. The van der Waals surface area contributed by atoms with Crippen molar-refractivity contribution in [2.75, 3.05) is 6.54 Å². The maximum absolute atomic E-state index is 11.9. The van der Waals surface area contributed by atoms with Gasteiger partial charge in [0.1, 0.15) is 0 Å². The second-order valence-electron chi connectivity index (χ2n) is 4.68. The Hall–Kier alpha value is -2.82. The van der Waals surface area contributed by atoms with Crippen LogP contribution in [0.15, 0.2) is 69.6 Å². The fourth-order valence-corrected chi connectivity index (χ4v) is 1.76. The van der Waals surface area contributed by atoms with Gasteiger partial charge in [-0.1, -0.05) is 37.0 Å². The first-order valence-corrected chi connectivity index (χ1v) is 7.21. The number of hydrogen-bond donors (Lipinski definition) is 2. The molecule has 2 N–H and O–H groups in total. The van der Waals surface area contributed by atoms with Crippen molar-refractivity contribution >= 4 is 5.91 Å². The quantitative estimate of drug-likeness (QED) is 0.758. The van der Waals surface area contributed by atoms with Crippen molar-refractivity contribution in [3.05, 3.63) is 76.4 Å². The highest BCUT2D eigenvalue weighted by atomic mass is 16.4. The molecule has 0 fully saturated rings. The minimum atomic E-state index is -0.689. The van der Waals surface area contributed by atoms with Crippen molar-refractivity contribution in [3.8, 4) is 5.75 Å². The third kappa shape index (κ3) is 5.47. The van der Waals surface area contributed by atoms with Gasteiger partial charge in [-0.2, -0.15) is 0 Å². The number of nitrogens with one attached hydrogen (secondary N) is 1. The summed E-state index contributed by atoms with van der Waals surface area (Å²) in [5, 5.41) is 12.1. The molecule has 0 aliphatic rings. The average molecular weight is 315 g/mol. The highest BCUT2D eigenvalue weighted by Crippen LogP contribution is 2.10. The zero-order valence-electron chi connectivity index (χ0n) is 13.3. The van der Waals surface area contributed by atoms with E-state index in [4.69, 9.17) is 4.42 Å². The van der Waals surface area contributed by atoms with Crippen molar-refractivity contribution in [2.45, 2.75) is 20.3 Å². The Kier molecular flexibility index (Phi) is 7.33. The summed E-state index contributed by atoms with van der Waals surface area (Å²) in [5.41, 5.74) is 1.34. The SMILES string of the molecule is C=C/C(=C\C)C/C=C\C(=C/C)CNC(=O)c1occc(=O)c1O. The summed E-state index contributed by atoms with van der Waals surface area (Å²) in [6.07, 6.45) is 11.3. The topological polar surface area (TPSA) is 79.5 Å². The number of rotatable bonds is 7. The van der Waals surface area contributed by atoms with Crippen LogP contribution in [0, 0.1) is 0 Å². The first kappa shape index (κ1) is 18.2. The number of amides is 1. The molecule has 0 bridgehead atoms. The monoisotopic (exact) mass is 315 g/mol. The Bertz CT molecular complexity index is 708. The number of aromatic hydroxyl groups is 1. The van der Waals surface area contributed by atoms with E-state index >= 15 is 0 Å². The van der Waals surface area contributed by atoms with Crippen LogP contribution < -0.4 is 10.7 Å². The van der Waals surface area contributed by atoms with E-state index in [-0.39, 0.29) is 12.3 Å². The van der Waals surface area contributed by atoms with Gasteiger partial charge in [0.2, 0.25) is 16.9 Å². The summed E-state index contributed by atoms with van der Waals surface area (Å²) in [6, 6.07) is 1.05. The fourth-order valence-electron chi connectivity index (χ4n) is 1.76. The van der Waals surface area contributed by atoms with Gasteiger partial charge in [0.15, 0.2) is 0 Å². The summed E-state index contributed by atoms with van der Waals surface area (Å²) in [6.45, 7) is 7.78. The molecule has 1 heterocycles. The Labute approximate surface area is 135 Å². The van der Waals surface area contributed by atoms with Crippen LogP contribution in [0.3, 0.4) is 0 Å². The van der Waals surface area contributed by atoms with E-state index in [9.17, 15) is 14.7 Å². The van der Waals surface area contributed by atoms with Gasteiger partial charge in [-0.15, -0.1) is 0 Å². The number of allylic oxidation sites excluding steroid dienone is 5. The maximum atomic E-state index is 11.9. The van der Waals surface area contributed by atoms with Gasteiger partial charge in [-0.05, 0) is 31.4 Å². The lowest BCUT2D eigenvalue weighted by Crippen LogP contribution is -2.26. The van der Waals surface area contributed by atoms with Crippen LogP contribution in [0.2, 0.25) is 0 Å². The third-order valence-corrected chi connectivity index (χ3v) is 3.20. The van der Waals surface area contributed by atoms with Crippen molar-refractivity contribution in [2.24, 2.45) is 0 Å². The summed E-state index contributed by atoms with van der Waals surface area (Å²) in [4.78, 5) is 23.2. The van der Waals surface area contributed by atoms with Gasteiger partial charge in [0.05, 0.1) is 6.26 Å². The Morgan fingerprint density at radius 3 is 2.65 bits per heavy atom. The van der Waals surface area contributed by atoms with E-state index in [0.717, 1.165) is 29.9 Å². The van der Waals surface area contributed by atoms with Crippen molar-refractivity contribution in [1.82, 2.24) is 5.32 Å². The molecule has 0 spiro atoms. The molecule has 0 aliphatic heterocycles. The second kappa shape index (κ2) is 9.25. The number of carbonyl (C=O) groups excluding carboxylic acids is 1. The van der Waals surface area contributed by atoms with Crippen molar-refractivity contribution in [1.29, 1.82) is 0 Å².